The van der Waals surface area contributed by atoms with Gasteiger partial charge in [-0.25, -0.2) is 10.1 Å². The number of rotatable bonds is 13. The third-order valence-corrected chi connectivity index (χ3v) is 5.23. The summed E-state index contributed by atoms with van der Waals surface area (Å²) in [6.07, 6.45) is 3.31. The minimum absolute atomic E-state index is 0.0317. The van der Waals surface area contributed by atoms with Gasteiger partial charge < -0.3 is 19.9 Å². The molecule has 0 spiro atoms. The van der Waals surface area contributed by atoms with E-state index in [1.54, 1.807) is 12.1 Å². The van der Waals surface area contributed by atoms with E-state index in [9.17, 15) is 4.79 Å². The monoisotopic (exact) mass is 501 g/mol. The summed E-state index contributed by atoms with van der Waals surface area (Å²) in [5.74, 6) is 1.10. The Morgan fingerprint density at radius 1 is 1.11 bits per heavy atom. The number of nitrogens with two attached hydrogens (primary N) is 1. The van der Waals surface area contributed by atoms with E-state index in [1.807, 2.05) is 0 Å². The Morgan fingerprint density at radius 3 is 2.36 bits per heavy atom. The molecule has 0 aliphatic heterocycles. The zero-order valence-corrected chi connectivity index (χ0v) is 21.0. The van der Waals surface area contributed by atoms with Gasteiger partial charge in [-0.1, -0.05) is 19.1 Å². The number of nitrogen functional groups attached to an aromatic ring is 1. The van der Waals surface area contributed by atoms with Crippen LogP contribution in [0.1, 0.15) is 48.4 Å². The number of carbonyl (C=O) groups excluding carboxylic acids is 1. The van der Waals surface area contributed by atoms with Gasteiger partial charge in [-0.05, 0) is 42.3 Å². The van der Waals surface area contributed by atoms with Crippen LogP contribution in [0.25, 0.3) is 5.82 Å². The van der Waals surface area contributed by atoms with E-state index in [-0.39, 0.29) is 17.3 Å². The van der Waals surface area contributed by atoms with Crippen molar-refractivity contribution in [1.29, 1.82) is 0 Å². The van der Waals surface area contributed by atoms with Crippen LogP contribution in [-0.4, -0.2) is 76.7 Å². The highest BCUT2D eigenvalue weighted by Crippen LogP contribution is 2.33. The number of amides is 1. The Labute approximate surface area is 208 Å². The van der Waals surface area contributed by atoms with Crippen LogP contribution in [0, 0.1) is 0 Å². The molecule has 14 heteroatoms. The molecule has 0 bridgehead atoms. The number of hydrogen-bond acceptors (Lipinski definition) is 12. The van der Waals surface area contributed by atoms with Crippen LogP contribution in [0.3, 0.4) is 0 Å². The number of methoxy groups -OCH3 is 3. The maximum Gasteiger partial charge on any atom is 0.293 e. The van der Waals surface area contributed by atoms with E-state index in [4.69, 9.17) is 24.6 Å². The lowest BCUT2D eigenvalue weighted by molar-refractivity contribution is 0.0947. The Kier molecular flexibility index (Phi) is 9.16. The summed E-state index contributed by atoms with van der Waals surface area (Å²) in [7, 11) is 4.57. The smallest absolute Gasteiger partial charge is 0.293 e. The minimum atomic E-state index is -0.560. The summed E-state index contributed by atoms with van der Waals surface area (Å²) in [5.41, 5.74) is 9.48. The highest BCUT2D eigenvalue weighted by atomic mass is 16.6. The highest BCUT2D eigenvalue weighted by Gasteiger charge is 2.25. The lowest BCUT2D eigenvalue weighted by Gasteiger charge is -2.21. The normalized spacial score (nSPS) is 11.3. The predicted octanol–water partition coefficient (Wildman–Crippen LogP) is 1.64. The molecule has 3 N–H and O–H groups in total. The molecule has 36 heavy (non-hydrogen) atoms. The predicted molar refractivity (Wildman–Crippen MR) is 131 cm³/mol. The number of benzene rings is 1. The van der Waals surface area contributed by atoms with Crippen molar-refractivity contribution < 1.29 is 23.6 Å². The van der Waals surface area contributed by atoms with Crippen LogP contribution in [0.15, 0.2) is 21.9 Å². The number of hydrazone groups is 1. The van der Waals surface area contributed by atoms with Crippen molar-refractivity contribution >= 4 is 17.9 Å². The Hall–Kier alpha value is -4.20. The van der Waals surface area contributed by atoms with Gasteiger partial charge in [0.2, 0.25) is 11.6 Å². The standard InChI is InChI=1S/C22H31N9O5/c1-6-8-30(9-7-2)13-15-19(25-29-31(15)21-20(23)27-36-28-21)22(32)26-24-12-14-10-17(34-4)18(35-5)11-16(14)33-3/h10-12H,6-9,13H2,1-5H3,(H2,23,27)(H,26,32)/b24-12+. The van der Waals surface area contributed by atoms with Crippen LogP contribution in [0.4, 0.5) is 5.82 Å². The fourth-order valence-corrected chi connectivity index (χ4v) is 3.61. The SMILES string of the molecule is CCCN(CCC)Cc1c(C(=O)N/N=C/c2cc(OC)c(OC)cc2OC)nnn1-c1nonc1N. The molecule has 14 nitrogen and oxygen atoms in total. The molecule has 1 amide bonds. The maximum atomic E-state index is 13.1. The van der Waals surface area contributed by atoms with Crippen molar-refractivity contribution in [1.82, 2.24) is 35.6 Å². The Balaban J connectivity index is 1.89. The number of nitrogens with zero attached hydrogens (tertiary/aromatic N) is 7. The summed E-state index contributed by atoms with van der Waals surface area (Å²) in [4.78, 5) is 15.3. The Bertz CT molecular complexity index is 1180. The first kappa shape index (κ1) is 26.4. The third kappa shape index (κ3) is 5.89. The molecule has 194 valence electrons. The van der Waals surface area contributed by atoms with E-state index in [2.05, 4.69) is 49.9 Å². The molecule has 0 fully saturated rings. The molecule has 0 saturated carbocycles. The van der Waals surface area contributed by atoms with Crippen molar-refractivity contribution in [2.75, 3.05) is 40.2 Å². The molecule has 0 atom stereocenters. The molecule has 0 radical (unpaired) electrons. The summed E-state index contributed by atoms with van der Waals surface area (Å²) >= 11 is 0. The van der Waals surface area contributed by atoms with Crippen LogP contribution >= 0.6 is 0 Å². The second-order valence-electron chi connectivity index (χ2n) is 7.69. The summed E-state index contributed by atoms with van der Waals surface area (Å²) in [6, 6.07) is 3.35. The first-order valence-electron chi connectivity index (χ1n) is 11.4. The van der Waals surface area contributed by atoms with Crippen LogP contribution in [0.2, 0.25) is 0 Å². The third-order valence-electron chi connectivity index (χ3n) is 5.23. The maximum absolute atomic E-state index is 13.1. The van der Waals surface area contributed by atoms with Crippen molar-refractivity contribution in [2.45, 2.75) is 33.2 Å². The van der Waals surface area contributed by atoms with Gasteiger partial charge in [0, 0.05) is 18.2 Å². The first-order chi connectivity index (χ1) is 17.5. The zero-order valence-electron chi connectivity index (χ0n) is 21.0. The van der Waals surface area contributed by atoms with E-state index in [0.29, 0.717) is 35.1 Å². The Morgan fingerprint density at radius 2 is 1.78 bits per heavy atom. The molecule has 3 aromatic rings. The van der Waals surface area contributed by atoms with Gasteiger partial charge in [0.1, 0.15) is 5.75 Å². The molecule has 0 aliphatic carbocycles. The van der Waals surface area contributed by atoms with Crippen molar-refractivity contribution in [2.24, 2.45) is 5.10 Å². The van der Waals surface area contributed by atoms with Gasteiger partial charge in [0.15, 0.2) is 17.2 Å². The molecule has 2 aromatic heterocycles. The number of anilines is 1. The van der Waals surface area contributed by atoms with Crippen molar-refractivity contribution in [3.05, 3.63) is 29.1 Å². The van der Waals surface area contributed by atoms with Gasteiger partial charge in [-0.15, -0.1) is 5.10 Å². The van der Waals surface area contributed by atoms with Crippen LogP contribution in [0.5, 0.6) is 17.2 Å². The van der Waals surface area contributed by atoms with Crippen LogP contribution < -0.4 is 25.4 Å². The summed E-state index contributed by atoms with van der Waals surface area (Å²) < 4.78 is 22.1. The second kappa shape index (κ2) is 12.5. The second-order valence-corrected chi connectivity index (χ2v) is 7.69. The zero-order chi connectivity index (χ0) is 26.1. The molecule has 0 unspecified atom stereocenters. The number of nitrogens with one attached hydrogen (secondary N) is 1. The lowest BCUT2D eigenvalue weighted by atomic mass is 10.2. The van der Waals surface area contributed by atoms with Crippen molar-refractivity contribution in [3.8, 4) is 23.1 Å². The number of hydrogen-bond donors (Lipinski definition) is 2. The van der Waals surface area contributed by atoms with Gasteiger partial charge in [0.25, 0.3) is 5.91 Å². The largest absolute Gasteiger partial charge is 0.496 e. The van der Waals surface area contributed by atoms with Gasteiger partial charge >= 0.3 is 0 Å². The quantitative estimate of drug-likeness (QED) is 0.258. The van der Waals surface area contributed by atoms with E-state index in [0.717, 1.165) is 25.9 Å². The fraction of sp³-hybridized carbons (Fsp3) is 0.455. The summed E-state index contributed by atoms with van der Waals surface area (Å²) in [5, 5.41) is 19.6. The van der Waals surface area contributed by atoms with E-state index in [1.165, 1.54) is 32.2 Å². The number of aromatic nitrogens is 5. The lowest BCUT2D eigenvalue weighted by Crippen LogP contribution is -2.28. The highest BCUT2D eigenvalue weighted by molar-refractivity contribution is 5.94. The number of carbonyl (C=O) groups is 1. The molecule has 3 rings (SSSR count). The molecule has 1 aromatic carbocycles. The molecule has 0 saturated heterocycles. The van der Waals surface area contributed by atoms with Gasteiger partial charge in [0.05, 0.1) is 33.2 Å². The van der Waals surface area contributed by atoms with E-state index < -0.39 is 5.91 Å². The minimum Gasteiger partial charge on any atom is -0.496 e. The van der Waals surface area contributed by atoms with Crippen LogP contribution in [-0.2, 0) is 6.54 Å². The fourth-order valence-electron chi connectivity index (χ4n) is 3.61. The van der Waals surface area contributed by atoms with Crippen molar-refractivity contribution in [3.63, 3.8) is 0 Å². The average molecular weight is 502 g/mol. The summed E-state index contributed by atoms with van der Waals surface area (Å²) in [6.45, 7) is 6.20. The van der Waals surface area contributed by atoms with Gasteiger partial charge in [-0.2, -0.15) is 9.78 Å². The number of ether oxygens (including phenoxy) is 3. The van der Waals surface area contributed by atoms with E-state index >= 15 is 0 Å². The average Bonchev–Trinajstić information content (AvgIpc) is 3.49. The van der Waals surface area contributed by atoms with Gasteiger partial charge in [-0.3, -0.25) is 9.69 Å². The molecule has 2 heterocycles. The topological polar surface area (TPSA) is 168 Å². The molecular weight excluding hydrogens is 470 g/mol. The molecular formula is C22H31N9O5. The first-order valence-corrected chi connectivity index (χ1v) is 11.4. The molecule has 0 aliphatic rings.